The van der Waals surface area contributed by atoms with Gasteiger partial charge in [0.25, 0.3) is 5.91 Å². The van der Waals surface area contributed by atoms with E-state index in [0.29, 0.717) is 27.9 Å². The Kier molecular flexibility index (Phi) is 5.07. The van der Waals surface area contributed by atoms with Crippen molar-refractivity contribution in [1.29, 1.82) is 0 Å². The van der Waals surface area contributed by atoms with E-state index in [1.54, 1.807) is 24.5 Å². The van der Waals surface area contributed by atoms with Crippen LogP contribution in [0.25, 0.3) is 22.4 Å². The van der Waals surface area contributed by atoms with Crippen molar-refractivity contribution in [1.82, 2.24) is 15.8 Å². The van der Waals surface area contributed by atoms with Gasteiger partial charge < -0.3 is 4.42 Å². The third-order valence-corrected chi connectivity index (χ3v) is 4.66. The van der Waals surface area contributed by atoms with Gasteiger partial charge in [0, 0.05) is 5.39 Å². The van der Waals surface area contributed by atoms with Gasteiger partial charge in [0.1, 0.15) is 5.69 Å². The second kappa shape index (κ2) is 7.98. The minimum atomic E-state index is -0.422. The lowest BCUT2D eigenvalue weighted by atomic mass is 10.1. The number of hydrogen-bond donors (Lipinski definition) is 2. The zero-order valence-electron chi connectivity index (χ0n) is 15.8. The highest BCUT2D eigenvalue weighted by Gasteiger charge is 2.16. The lowest BCUT2D eigenvalue weighted by Crippen LogP contribution is -2.42. The predicted molar refractivity (Wildman–Crippen MR) is 110 cm³/mol. The average molecular weight is 385 g/mol. The van der Waals surface area contributed by atoms with E-state index >= 15 is 0 Å². The molecule has 4 aromatic rings. The number of benzene rings is 2. The molecule has 0 atom stereocenters. The number of rotatable bonds is 4. The first-order chi connectivity index (χ1) is 14.1. The van der Waals surface area contributed by atoms with Crippen LogP contribution >= 0.6 is 0 Å². The van der Waals surface area contributed by atoms with Gasteiger partial charge in [0.05, 0.1) is 23.8 Å². The quantitative estimate of drug-likeness (QED) is 0.523. The molecule has 0 radical (unpaired) electrons. The number of aryl methyl sites for hydroxylation is 1. The Labute approximate surface area is 167 Å². The Hall–Kier alpha value is -3.93. The van der Waals surface area contributed by atoms with Crippen LogP contribution in [0.5, 0.6) is 0 Å². The molecule has 2 amide bonds. The summed E-state index contributed by atoms with van der Waals surface area (Å²) < 4.78 is 5.42. The van der Waals surface area contributed by atoms with E-state index in [2.05, 4.69) is 15.8 Å². The Morgan fingerprint density at radius 1 is 0.966 bits per heavy atom. The number of carbonyl (C=O) groups excluding carboxylic acids is 2. The van der Waals surface area contributed by atoms with Gasteiger partial charge in [-0.2, -0.15) is 0 Å². The Balaban J connectivity index is 1.55. The Morgan fingerprint density at radius 2 is 1.76 bits per heavy atom. The normalized spacial score (nSPS) is 10.7. The molecule has 0 saturated carbocycles. The molecule has 0 fully saturated rings. The van der Waals surface area contributed by atoms with Crippen molar-refractivity contribution in [2.45, 2.75) is 13.3 Å². The molecule has 2 heterocycles. The molecule has 144 valence electrons. The van der Waals surface area contributed by atoms with Gasteiger partial charge in [-0.15, -0.1) is 0 Å². The van der Waals surface area contributed by atoms with Crippen LogP contribution in [0.1, 0.15) is 21.5 Å². The summed E-state index contributed by atoms with van der Waals surface area (Å²) in [4.78, 5) is 29.6. The van der Waals surface area contributed by atoms with E-state index in [1.807, 2.05) is 55.5 Å². The van der Waals surface area contributed by atoms with E-state index < -0.39 is 5.91 Å². The maximum absolute atomic E-state index is 12.8. The molecule has 0 aliphatic carbocycles. The first-order valence-corrected chi connectivity index (χ1v) is 9.19. The van der Waals surface area contributed by atoms with Crippen molar-refractivity contribution >= 4 is 22.7 Å². The maximum atomic E-state index is 12.8. The molecule has 0 unspecified atom stereocenters. The lowest BCUT2D eigenvalue weighted by molar-refractivity contribution is -0.121. The number of para-hydroxylation sites is 1. The number of fused-ring (bicyclic) bond motifs is 1. The van der Waals surface area contributed by atoms with Gasteiger partial charge in [-0.1, -0.05) is 42.5 Å². The van der Waals surface area contributed by atoms with Crippen molar-refractivity contribution in [2.75, 3.05) is 0 Å². The van der Waals surface area contributed by atoms with Crippen molar-refractivity contribution in [3.8, 4) is 11.5 Å². The summed E-state index contributed by atoms with van der Waals surface area (Å²) in [5, 5.41) is 0.688. The van der Waals surface area contributed by atoms with Crippen LogP contribution in [0.3, 0.4) is 0 Å². The molecule has 6 heteroatoms. The molecular weight excluding hydrogens is 366 g/mol. The second-order valence-electron chi connectivity index (χ2n) is 6.66. The van der Waals surface area contributed by atoms with E-state index in [4.69, 9.17) is 4.42 Å². The summed E-state index contributed by atoms with van der Waals surface area (Å²) in [6.45, 7) is 1.94. The van der Waals surface area contributed by atoms with Crippen LogP contribution in [-0.4, -0.2) is 16.8 Å². The largest absolute Gasteiger partial charge is 0.463 e. The van der Waals surface area contributed by atoms with Crippen molar-refractivity contribution in [2.24, 2.45) is 0 Å². The summed E-state index contributed by atoms with van der Waals surface area (Å²) in [5.74, 6) is -0.153. The SMILES string of the molecule is Cc1ccccc1CC(=O)NNC(=O)c1cc(-c2ccco2)nc2ccccc12. The lowest BCUT2D eigenvalue weighted by Gasteiger charge is -2.11. The van der Waals surface area contributed by atoms with Crippen LogP contribution in [0.15, 0.2) is 77.4 Å². The first kappa shape index (κ1) is 18.4. The number of hydrazine groups is 1. The molecule has 0 saturated heterocycles. The van der Waals surface area contributed by atoms with Crippen molar-refractivity contribution < 1.29 is 14.0 Å². The minimum absolute atomic E-state index is 0.182. The van der Waals surface area contributed by atoms with Crippen molar-refractivity contribution in [3.63, 3.8) is 0 Å². The fourth-order valence-corrected chi connectivity index (χ4v) is 3.13. The van der Waals surface area contributed by atoms with Gasteiger partial charge in [0.15, 0.2) is 5.76 Å². The zero-order chi connectivity index (χ0) is 20.2. The third kappa shape index (κ3) is 4.01. The number of nitrogens with zero attached hydrogens (tertiary/aromatic N) is 1. The van der Waals surface area contributed by atoms with E-state index in [-0.39, 0.29) is 12.3 Å². The highest BCUT2D eigenvalue weighted by Crippen LogP contribution is 2.25. The molecule has 4 rings (SSSR count). The van der Waals surface area contributed by atoms with Gasteiger partial charge in [0.2, 0.25) is 5.91 Å². The van der Waals surface area contributed by atoms with Crippen molar-refractivity contribution in [3.05, 3.63) is 89.7 Å². The summed E-state index contributed by atoms with van der Waals surface area (Å²) in [7, 11) is 0. The number of aromatic nitrogens is 1. The molecule has 0 aliphatic heterocycles. The maximum Gasteiger partial charge on any atom is 0.270 e. The summed E-state index contributed by atoms with van der Waals surface area (Å²) >= 11 is 0. The molecule has 0 aliphatic rings. The van der Waals surface area contributed by atoms with Gasteiger partial charge in [-0.25, -0.2) is 4.98 Å². The highest BCUT2D eigenvalue weighted by atomic mass is 16.3. The minimum Gasteiger partial charge on any atom is -0.463 e. The van der Waals surface area contributed by atoms with Crippen LogP contribution < -0.4 is 10.9 Å². The topological polar surface area (TPSA) is 84.2 Å². The van der Waals surface area contributed by atoms with E-state index in [1.165, 1.54) is 0 Å². The molecule has 2 N–H and O–H groups in total. The van der Waals surface area contributed by atoms with Gasteiger partial charge in [-0.05, 0) is 42.3 Å². The zero-order valence-corrected chi connectivity index (χ0v) is 15.8. The molecule has 0 bridgehead atoms. The van der Waals surface area contributed by atoms with E-state index in [0.717, 1.165) is 11.1 Å². The number of nitrogens with one attached hydrogen (secondary N) is 2. The fraction of sp³-hybridized carbons (Fsp3) is 0.0870. The molecule has 6 nitrogen and oxygen atoms in total. The predicted octanol–water partition coefficient (Wildman–Crippen LogP) is 3.81. The smallest absolute Gasteiger partial charge is 0.270 e. The number of carbonyl (C=O) groups is 2. The number of furan rings is 1. The Morgan fingerprint density at radius 3 is 2.55 bits per heavy atom. The monoisotopic (exact) mass is 385 g/mol. The van der Waals surface area contributed by atoms with Crippen LogP contribution in [0.4, 0.5) is 0 Å². The standard InChI is InChI=1S/C23H19N3O3/c1-15-7-2-3-8-16(15)13-22(27)25-26-23(28)18-14-20(21-11-6-12-29-21)24-19-10-5-4-9-17(18)19/h2-12,14H,13H2,1H3,(H,25,27)(H,26,28). The highest BCUT2D eigenvalue weighted by molar-refractivity contribution is 6.07. The van der Waals surface area contributed by atoms with Gasteiger partial charge >= 0.3 is 0 Å². The van der Waals surface area contributed by atoms with E-state index in [9.17, 15) is 9.59 Å². The summed E-state index contributed by atoms with van der Waals surface area (Å²) in [6.07, 6.45) is 1.74. The van der Waals surface area contributed by atoms with Gasteiger partial charge in [-0.3, -0.25) is 20.4 Å². The molecule has 0 spiro atoms. The first-order valence-electron chi connectivity index (χ1n) is 9.19. The summed E-state index contributed by atoms with van der Waals surface area (Å²) in [6, 6.07) is 20.2. The molecular formula is C23H19N3O3. The fourth-order valence-electron chi connectivity index (χ4n) is 3.13. The number of hydrogen-bond acceptors (Lipinski definition) is 4. The molecule has 29 heavy (non-hydrogen) atoms. The Bertz CT molecular complexity index is 1180. The second-order valence-corrected chi connectivity index (χ2v) is 6.66. The molecule has 2 aromatic carbocycles. The summed E-state index contributed by atoms with van der Waals surface area (Å²) in [5.41, 5.74) is 8.55. The number of pyridine rings is 1. The van der Waals surface area contributed by atoms with Crippen LogP contribution in [0.2, 0.25) is 0 Å². The van der Waals surface area contributed by atoms with Crippen LogP contribution in [-0.2, 0) is 11.2 Å². The average Bonchev–Trinajstić information content (AvgIpc) is 3.28. The third-order valence-electron chi connectivity index (χ3n) is 4.66. The molecule has 2 aromatic heterocycles. The van der Waals surface area contributed by atoms with Crippen LogP contribution in [0, 0.1) is 6.92 Å². The number of amides is 2.